The van der Waals surface area contributed by atoms with E-state index in [0.29, 0.717) is 13.0 Å². The number of amides is 1. The smallest absolute Gasteiger partial charge is 0.234 e. The highest BCUT2D eigenvalue weighted by Crippen LogP contribution is 2.21. The Hall–Kier alpha value is -0.610. The first-order valence-corrected chi connectivity index (χ1v) is 6.21. The molecule has 102 valence electrons. The van der Waals surface area contributed by atoms with Gasteiger partial charge in [-0.15, -0.1) is 0 Å². The number of aliphatic hydroxyl groups is 1. The van der Waals surface area contributed by atoms with Crippen molar-refractivity contribution in [2.75, 3.05) is 13.2 Å². The summed E-state index contributed by atoms with van der Waals surface area (Å²) in [4.78, 5) is 11.8. The lowest BCUT2D eigenvalue weighted by Gasteiger charge is -2.31. The quantitative estimate of drug-likeness (QED) is 0.683. The number of rotatable bonds is 5. The van der Waals surface area contributed by atoms with E-state index in [1.54, 1.807) is 0 Å². The first kappa shape index (κ1) is 16.4. The minimum Gasteiger partial charge on any atom is -0.396 e. The topological polar surface area (TPSA) is 61.4 Å². The van der Waals surface area contributed by atoms with Crippen molar-refractivity contribution in [3.63, 3.8) is 0 Å². The Bertz CT molecular complexity index is 239. The molecule has 0 spiro atoms. The third kappa shape index (κ3) is 8.16. The largest absolute Gasteiger partial charge is 0.396 e. The van der Waals surface area contributed by atoms with Crippen LogP contribution in [0.2, 0.25) is 0 Å². The molecule has 0 radical (unpaired) electrons. The van der Waals surface area contributed by atoms with Crippen molar-refractivity contribution in [3.05, 3.63) is 0 Å². The first-order valence-electron chi connectivity index (χ1n) is 6.21. The molecule has 1 atom stereocenters. The van der Waals surface area contributed by atoms with Gasteiger partial charge in [-0.05, 0) is 32.6 Å². The van der Waals surface area contributed by atoms with Gasteiger partial charge in [0.15, 0.2) is 0 Å². The van der Waals surface area contributed by atoms with Gasteiger partial charge in [0.2, 0.25) is 5.91 Å². The Kier molecular flexibility index (Phi) is 6.13. The van der Waals surface area contributed by atoms with E-state index in [4.69, 9.17) is 5.11 Å². The second-order valence-corrected chi connectivity index (χ2v) is 6.60. The summed E-state index contributed by atoms with van der Waals surface area (Å²) in [6.07, 6.45) is 0.588. The monoisotopic (exact) mass is 244 g/mol. The first-order chi connectivity index (χ1) is 7.56. The second-order valence-electron chi connectivity index (χ2n) is 6.60. The SMILES string of the molecule is CC(C)(C)NCC(=O)NC(CCO)C(C)(C)C. The summed E-state index contributed by atoms with van der Waals surface area (Å²) in [6.45, 7) is 12.6. The van der Waals surface area contributed by atoms with Crippen molar-refractivity contribution in [3.8, 4) is 0 Å². The van der Waals surface area contributed by atoms with E-state index in [1.165, 1.54) is 0 Å². The van der Waals surface area contributed by atoms with Crippen molar-refractivity contribution >= 4 is 5.91 Å². The Balaban J connectivity index is 4.23. The van der Waals surface area contributed by atoms with Gasteiger partial charge in [0, 0.05) is 18.2 Å². The molecule has 17 heavy (non-hydrogen) atoms. The summed E-state index contributed by atoms with van der Waals surface area (Å²) in [5.41, 5.74) is -0.105. The molecule has 4 nitrogen and oxygen atoms in total. The minimum absolute atomic E-state index is 0.00164. The average Bonchev–Trinajstić information content (AvgIpc) is 2.11. The number of carbonyl (C=O) groups is 1. The van der Waals surface area contributed by atoms with Gasteiger partial charge in [0.25, 0.3) is 0 Å². The molecule has 1 amide bonds. The lowest BCUT2D eigenvalue weighted by molar-refractivity contribution is -0.122. The predicted molar refractivity (Wildman–Crippen MR) is 70.8 cm³/mol. The molecule has 0 fully saturated rings. The van der Waals surface area contributed by atoms with Gasteiger partial charge >= 0.3 is 0 Å². The van der Waals surface area contributed by atoms with E-state index in [0.717, 1.165) is 0 Å². The van der Waals surface area contributed by atoms with Crippen LogP contribution in [-0.2, 0) is 4.79 Å². The highest BCUT2D eigenvalue weighted by atomic mass is 16.3. The van der Waals surface area contributed by atoms with Gasteiger partial charge in [0.1, 0.15) is 0 Å². The van der Waals surface area contributed by atoms with Crippen LogP contribution < -0.4 is 10.6 Å². The molecule has 0 heterocycles. The molecule has 0 saturated carbocycles. The van der Waals surface area contributed by atoms with Crippen LogP contribution >= 0.6 is 0 Å². The molecule has 0 aromatic heterocycles. The van der Waals surface area contributed by atoms with Crippen LogP contribution in [0.5, 0.6) is 0 Å². The fourth-order valence-electron chi connectivity index (χ4n) is 1.44. The van der Waals surface area contributed by atoms with Crippen molar-refractivity contribution < 1.29 is 9.90 Å². The predicted octanol–water partition coefficient (Wildman–Crippen LogP) is 1.29. The van der Waals surface area contributed by atoms with Crippen LogP contribution in [-0.4, -0.2) is 35.7 Å². The zero-order chi connectivity index (χ0) is 13.7. The Labute approximate surface area is 105 Å². The fraction of sp³-hybridized carbons (Fsp3) is 0.923. The Morgan fingerprint density at radius 2 is 1.71 bits per heavy atom. The minimum atomic E-state index is -0.0639. The Morgan fingerprint density at radius 1 is 1.18 bits per heavy atom. The van der Waals surface area contributed by atoms with E-state index in [-0.39, 0.29) is 29.5 Å². The lowest BCUT2D eigenvalue weighted by Crippen LogP contribution is -2.49. The molecule has 0 saturated heterocycles. The van der Waals surface area contributed by atoms with Crippen LogP contribution in [0.3, 0.4) is 0 Å². The summed E-state index contributed by atoms with van der Waals surface area (Å²) in [5, 5.41) is 15.1. The van der Waals surface area contributed by atoms with Crippen molar-refractivity contribution in [1.29, 1.82) is 0 Å². The zero-order valence-corrected chi connectivity index (χ0v) is 12.1. The van der Waals surface area contributed by atoms with E-state index in [9.17, 15) is 4.79 Å². The molecule has 0 aliphatic rings. The summed E-state index contributed by atoms with van der Waals surface area (Å²) >= 11 is 0. The highest BCUT2D eigenvalue weighted by Gasteiger charge is 2.25. The number of aliphatic hydroxyl groups excluding tert-OH is 1. The van der Waals surface area contributed by atoms with Crippen LogP contribution in [0.1, 0.15) is 48.0 Å². The van der Waals surface area contributed by atoms with Gasteiger partial charge in [0.05, 0.1) is 6.54 Å². The summed E-state index contributed by atoms with van der Waals surface area (Å²) in [7, 11) is 0. The van der Waals surface area contributed by atoms with Crippen LogP contribution in [0.25, 0.3) is 0 Å². The van der Waals surface area contributed by atoms with E-state index < -0.39 is 0 Å². The second kappa shape index (κ2) is 6.36. The molecule has 0 aliphatic carbocycles. The van der Waals surface area contributed by atoms with Crippen molar-refractivity contribution in [2.45, 2.75) is 59.5 Å². The van der Waals surface area contributed by atoms with Crippen molar-refractivity contribution in [1.82, 2.24) is 10.6 Å². The average molecular weight is 244 g/mol. The maximum absolute atomic E-state index is 11.8. The number of carbonyl (C=O) groups excluding carboxylic acids is 1. The molecule has 3 N–H and O–H groups in total. The lowest BCUT2D eigenvalue weighted by atomic mass is 9.85. The van der Waals surface area contributed by atoms with Crippen LogP contribution in [0, 0.1) is 5.41 Å². The standard InChI is InChI=1S/C13H28N2O2/c1-12(2,3)10(7-8-16)15-11(17)9-14-13(4,5)6/h10,14,16H,7-9H2,1-6H3,(H,15,17). The van der Waals surface area contributed by atoms with E-state index in [1.807, 2.05) is 20.8 Å². The van der Waals surface area contributed by atoms with Gasteiger partial charge in [-0.1, -0.05) is 20.8 Å². The number of hydrogen-bond donors (Lipinski definition) is 3. The molecule has 1 unspecified atom stereocenters. The molecular weight excluding hydrogens is 216 g/mol. The zero-order valence-electron chi connectivity index (χ0n) is 12.1. The van der Waals surface area contributed by atoms with Crippen LogP contribution in [0.4, 0.5) is 0 Å². The normalized spacial score (nSPS) is 14.5. The Morgan fingerprint density at radius 3 is 2.06 bits per heavy atom. The van der Waals surface area contributed by atoms with Gasteiger partial charge in [-0.3, -0.25) is 4.79 Å². The third-order valence-corrected chi connectivity index (χ3v) is 2.58. The van der Waals surface area contributed by atoms with Crippen molar-refractivity contribution in [2.24, 2.45) is 5.41 Å². The molecule has 0 rings (SSSR count). The fourth-order valence-corrected chi connectivity index (χ4v) is 1.44. The van der Waals surface area contributed by atoms with E-state index >= 15 is 0 Å². The van der Waals surface area contributed by atoms with Gasteiger partial charge < -0.3 is 15.7 Å². The highest BCUT2D eigenvalue weighted by molar-refractivity contribution is 5.78. The van der Waals surface area contributed by atoms with Crippen LogP contribution in [0.15, 0.2) is 0 Å². The maximum atomic E-state index is 11.8. The maximum Gasteiger partial charge on any atom is 0.234 e. The van der Waals surface area contributed by atoms with Gasteiger partial charge in [-0.2, -0.15) is 0 Å². The number of nitrogens with one attached hydrogen (secondary N) is 2. The summed E-state index contributed by atoms with van der Waals surface area (Å²) < 4.78 is 0. The third-order valence-electron chi connectivity index (χ3n) is 2.58. The summed E-state index contributed by atoms with van der Waals surface area (Å²) in [5.74, 6) is -0.0201. The molecule has 4 heteroatoms. The molecule has 0 bridgehead atoms. The number of hydrogen-bond acceptors (Lipinski definition) is 3. The molecule has 0 aromatic rings. The summed E-state index contributed by atoms with van der Waals surface area (Å²) in [6, 6.07) is 0.00164. The van der Waals surface area contributed by atoms with E-state index in [2.05, 4.69) is 31.4 Å². The molecular formula is C13H28N2O2. The molecule has 0 aliphatic heterocycles. The van der Waals surface area contributed by atoms with Gasteiger partial charge in [-0.25, -0.2) is 0 Å². The molecule has 0 aromatic carbocycles.